The number of aromatic nitrogens is 3. The molecule has 0 saturated heterocycles. The summed E-state index contributed by atoms with van der Waals surface area (Å²) in [6.07, 6.45) is 3.43. The van der Waals surface area contributed by atoms with Crippen LogP contribution in [-0.2, 0) is 26.1 Å². The lowest BCUT2D eigenvalue weighted by Crippen LogP contribution is -2.38. The van der Waals surface area contributed by atoms with E-state index < -0.39 is 0 Å². The van der Waals surface area contributed by atoms with Gasteiger partial charge >= 0.3 is 0 Å². The lowest BCUT2D eigenvalue weighted by Gasteiger charge is -2.22. The highest BCUT2D eigenvalue weighted by molar-refractivity contribution is 5.79. The summed E-state index contributed by atoms with van der Waals surface area (Å²) in [5.74, 6) is 3.83. The third-order valence-electron chi connectivity index (χ3n) is 4.57. The largest absolute Gasteiger partial charge is 0.494 e. The Morgan fingerprint density at radius 1 is 1.27 bits per heavy atom. The van der Waals surface area contributed by atoms with Crippen molar-refractivity contribution in [3.63, 3.8) is 0 Å². The number of ether oxygens (including phenoxy) is 1. The average Bonchev–Trinajstić information content (AvgIpc) is 3.07. The van der Waals surface area contributed by atoms with Crippen LogP contribution in [0.25, 0.3) is 0 Å². The van der Waals surface area contributed by atoms with Crippen LogP contribution in [0, 0.1) is 0 Å². The van der Waals surface area contributed by atoms with E-state index in [2.05, 4.69) is 42.1 Å². The van der Waals surface area contributed by atoms with Crippen molar-refractivity contribution in [3.05, 3.63) is 41.5 Å². The third-order valence-corrected chi connectivity index (χ3v) is 4.57. The molecule has 1 aromatic carbocycles. The van der Waals surface area contributed by atoms with E-state index in [1.807, 2.05) is 26.1 Å². The fraction of sp³-hybridized carbons (Fsp3) is 0.526. The summed E-state index contributed by atoms with van der Waals surface area (Å²) in [6, 6.07) is 8.18. The number of rotatable bonds is 6. The van der Waals surface area contributed by atoms with Crippen molar-refractivity contribution in [1.29, 1.82) is 0 Å². The number of nitrogens with one attached hydrogen (secondary N) is 1. The second-order valence-corrected chi connectivity index (χ2v) is 6.47. The van der Waals surface area contributed by atoms with Gasteiger partial charge in [-0.1, -0.05) is 12.1 Å². The zero-order chi connectivity index (χ0) is 18.4. The van der Waals surface area contributed by atoms with Crippen LogP contribution in [0.2, 0.25) is 0 Å². The molecular formula is C19H28N6O. The Morgan fingerprint density at radius 2 is 2.08 bits per heavy atom. The second-order valence-electron chi connectivity index (χ2n) is 6.47. The van der Waals surface area contributed by atoms with Crippen LogP contribution >= 0.6 is 0 Å². The van der Waals surface area contributed by atoms with Gasteiger partial charge in [0, 0.05) is 33.6 Å². The smallest absolute Gasteiger partial charge is 0.194 e. The number of aryl methyl sites for hydroxylation is 1. The minimum atomic E-state index is 0.632. The molecule has 0 bridgehead atoms. The van der Waals surface area contributed by atoms with Crippen molar-refractivity contribution in [3.8, 4) is 5.75 Å². The van der Waals surface area contributed by atoms with E-state index in [0.717, 1.165) is 42.9 Å². The van der Waals surface area contributed by atoms with Crippen molar-refractivity contribution in [2.24, 2.45) is 4.99 Å². The molecular weight excluding hydrogens is 328 g/mol. The molecule has 2 aromatic rings. The van der Waals surface area contributed by atoms with E-state index in [0.29, 0.717) is 13.2 Å². The SMILES string of the molecule is CCOc1ccc(CN(C)C(=NC)NCc2nnc3n2CCCC3)cc1. The van der Waals surface area contributed by atoms with Crippen LogP contribution in [0.5, 0.6) is 5.75 Å². The molecule has 7 nitrogen and oxygen atoms in total. The van der Waals surface area contributed by atoms with Gasteiger partial charge in [-0.05, 0) is 37.5 Å². The molecule has 1 aliphatic rings. The minimum absolute atomic E-state index is 0.632. The average molecular weight is 356 g/mol. The van der Waals surface area contributed by atoms with Crippen LogP contribution in [0.15, 0.2) is 29.3 Å². The summed E-state index contributed by atoms with van der Waals surface area (Å²) in [6.45, 7) is 5.09. The van der Waals surface area contributed by atoms with Crippen molar-refractivity contribution in [1.82, 2.24) is 25.0 Å². The molecule has 0 amide bonds. The number of aliphatic imine (C=N–C) groups is 1. The molecule has 3 rings (SSSR count). The number of hydrogen-bond donors (Lipinski definition) is 1. The highest BCUT2D eigenvalue weighted by atomic mass is 16.5. The number of fused-ring (bicyclic) bond motifs is 1. The van der Waals surface area contributed by atoms with E-state index in [9.17, 15) is 0 Å². The quantitative estimate of drug-likeness (QED) is 0.635. The summed E-state index contributed by atoms with van der Waals surface area (Å²) in [5.41, 5.74) is 1.21. The van der Waals surface area contributed by atoms with Gasteiger partial charge in [-0.25, -0.2) is 0 Å². The predicted molar refractivity (Wildman–Crippen MR) is 102 cm³/mol. The number of hydrogen-bond acceptors (Lipinski definition) is 4. The molecule has 1 aromatic heterocycles. The zero-order valence-electron chi connectivity index (χ0n) is 15.9. The summed E-state index contributed by atoms with van der Waals surface area (Å²) in [5, 5.41) is 12.0. The third kappa shape index (κ3) is 4.33. The van der Waals surface area contributed by atoms with Gasteiger partial charge in [0.2, 0.25) is 0 Å². The topological polar surface area (TPSA) is 67.6 Å². The van der Waals surface area contributed by atoms with Gasteiger partial charge in [0.05, 0.1) is 13.2 Å². The first-order valence-electron chi connectivity index (χ1n) is 9.25. The van der Waals surface area contributed by atoms with Gasteiger partial charge in [-0.2, -0.15) is 0 Å². The van der Waals surface area contributed by atoms with Crippen LogP contribution in [0.3, 0.4) is 0 Å². The lowest BCUT2D eigenvalue weighted by molar-refractivity contribution is 0.340. The molecule has 1 N–H and O–H groups in total. The van der Waals surface area contributed by atoms with Crippen molar-refractivity contribution < 1.29 is 4.74 Å². The van der Waals surface area contributed by atoms with Gasteiger partial charge < -0.3 is 19.5 Å². The van der Waals surface area contributed by atoms with Crippen LogP contribution in [0.1, 0.15) is 37.0 Å². The van der Waals surface area contributed by atoms with Crippen LogP contribution in [-0.4, -0.2) is 46.3 Å². The summed E-state index contributed by atoms with van der Waals surface area (Å²) >= 11 is 0. The number of benzene rings is 1. The maximum Gasteiger partial charge on any atom is 0.194 e. The molecule has 7 heteroatoms. The monoisotopic (exact) mass is 356 g/mol. The molecule has 0 atom stereocenters. The first-order chi connectivity index (χ1) is 12.7. The highest BCUT2D eigenvalue weighted by Gasteiger charge is 2.16. The molecule has 0 fully saturated rings. The standard InChI is InChI=1S/C19H28N6O/c1-4-26-16-10-8-15(9-11-16)14-24(3)19(20-2)21-13-18-23-22-17-7-5-6-12-25(17)18/h8-11H,4-7,12-14H2,1-3H3,(H,20,21). The molecule has 26 heavy (non-hydrogen) atoms. The molecule has 0 radical (unpaired) electrons. The van der Waals surface area contributed by atoms with Gasteiger partial charge in [0.25, 0.3) is 0 Å². The zero-order valence-corrected chi connectivity index (χ0v) is 15.9. The molecule has 140 valence electrons. The van der Waals surface area contributed by atoms with Gasteiger partial charge in [0.1, 0.15) is 11.6 Å². The first kappa shape index (κ1) is 18.2. The summed E-state index contributed by atoms with van der Waals surface area (Å²) in [4.78, 5) is 6.49. The Kier molecular flexibility index (Phi) is 6.09. The Bertz CT molecular complexity index is 737. The first-order valence-corrected chi connectivity index (χ1v) is 9.25. The Morgan fingerprint density at radius 3 is 2.81 bits per heavy atom. The van der Waals surface area contributed by atoms with Gasteiger partial charge in [0.15, 0.2) is 11.8 Å². The molecule has 0 spiro atoms. The highest BCUT2D eigenvalue weighted by Crippen LogP contribution is 2.15. The normalized spacial score (nSPS) is 14.0. The molecule has 0 aliphatic carbocycles. The van der Waals surface area contributed by atoms with E-state index in [-0.39, 0.29) is 0 Å². The Balaban J connectivity index is 1.57. The van der Waals surface area contributed by atoms with E-state index >= 15 is 0 Å². The van der Waals surface area contributed by atoms with Crippen molar-refractivity contribution in [2.75, 3.05) is 20.7 Å². The minimum Gasteiger partial charge on any atom is -0.494 e. The maximum absolute atomic E-state index is 5.49. The van der Waals surface area contributed by atoms with Crippen LogP contribution < -0.4 is 10.1 Å². The van der Waals surface area contributed by atoms with Crippen LogP contribution in [0.4, 0.5) is 0 Å². The summed E-state index contributed by atoms with van der Waals surface area (Å²) < 4.78 is 7.73. The van der Waals surface area contributed by atoms with Crippen molar-refractivity contribution in [2.45, 2.75) is 45.8 Å². The second kappa shape index (κ2) is 8.69. The summed E-state index contributed by atoms with van der Waals surface area (Å²) in [7, 11) is 3.83. The maximum atomic E-state index is 5.49. The molecule has 0 saturated carbocycles. The molecule has 2 heterocycles. The van der Waals surface area contributed by atoms with E-state index in [1.165, 1.54) is 18.4 Å². The predicted octanol–water partition coefficient (Wildman–Crippen LogP) is 2.22. The van der Waals surface area contributed by atoms with Gasteiger partial charge in [-0.3, -0.25) is 4.99 Å². The Hall–Kier alpha value is -2.57. The lowest BCUT2D eigenvalue weighted by atomic mass is 10.2. The van der Waals surface area contributed by atoms with Crippen molar-refractivity contribution >= 4 is 5.96 Å². The number of guanidine groups is 1. The molecule has 0 unspecified atom stereocenters. The van der Waals surface area contributed by atoms with E-state index in [4.69, 9.17) is 4.74 Å². The fourth-order valence-corrected chi connectivity index (χ4v) is 3.25. The fourth-order valence-electron chi connectivity index (χ4n) is 3.25. The van der Waals surface area contributed by atoms with Gasteiger partial charge in [-0.15, -0.1) is 10.2 Å². The number of nitrogens with zero attached hydrogens (tertiary/aromatic N) is 5. The van der Waals surface area contributed by atoms with E-state index in [1.54, 1.807) is 7.05 Å². The molecule has 1 aliphatic heterocycles. The Labute approximate surface area is 155 Å².